The SMILES string of the molecule is COC(OC)[C@@H]1OC(C)(C)O[C@H]1[C@H](O[C@@H]1O[C@@](OC)([C@H](C)CO)[C@@H]2OC(C)(C)O[C@@H]2[C@H]1O)[C@H]1COC(C)(C)O1. The number of methoxy groups -OCH3 is 3. The minimum Gasteiger partial charge on any atom is -0.396 e. The normalized spacial score (nSPS) is 42.5. The van der Waals surface area contributed by atoms with Crippen molar-refractivity contribution < 1.29 is 62.3 Å². The zero-order valence-corrected chi connectivity index (χ0v) is 24.6. The van der Waals surface area contributed by atoms with E-state index in [-0.39, 0.29) is 13.2 Å². The van der Waals surface area contributed by atoms with Gasteiger partial charge < -0.3 is 62.3 Å². The van der Waals surface area contributed by atoms with Crippen molar-refractivity contribution >= 4 is 0 Å². The molecule has 0 saturated carbocycles. The summed E-state index contributed by atoms with van der Waals surface area (Å²) in [4.78, 5) is 0. The standard InChI is InChI=1S/C26H46O13/c1-13(11-27)26(31-10)20-17(35-25(6,7)38-20)15(28)21(39-26)33-16(14-12-32-23(2,3)34-14)18-19(22(29-8)30-9)37-24(4,5)36-18/h13-22,27-28H,11-12H2,1-10H3/t13-,14-,15-,16-,17-,18+,19-,20-,21-,26+/m1/s1. The Morgan fingerprint density at radius 2 is 1.44 bits per heavy atom. The molecule has 228 valence electrons. The summed E-state index contributed by atoms with van der Waals surface area (Å²) in [5, 5.41) is 21.6. The Labute approximate surface area is 230 Å². The van der Waals surface area contributed by atoms with Crippen molar-refractivity contribution in [3.05, 3.63) is 0 Å². The molecule has 0 unspecified atom stereocenters. The van der Waals surface area contributed by atoms with Crippen LogP contribution in [-0.2, 0) is 52.1 Å². The Morgan fingerprint density at radius 1 is 0.821 bits per heavy atom. The molecule has 4 fully saturated rings. The zero-order valence-electron chi connectivity index (χ0n) is 24.6. The van der Waals surface area contributed by atoms with Crippen LogP contribution in [0.2, 0.25) is 0 Å². The van der Waals surface area contributed by atoms with Gasteiger partial charge in [0.1, 0.15) is 42.7 Å². The topological polar surface area (TPSA) is 142 Å². The summed E-state index contributed by atoms with van der Waals surface area (Å²) in [6.07, 6.45) is -8.16. The van der Waals surface area contributed by atoms with Crippen molar-refractivity contribution in [1.82, 2.24) is 0 Å². The van der Waals surface area contributed by atoms with Gasteiger partial charge in [-0.1, -0.05) is 6.92 Å². The molecule has 4 saturated heterocycles. The minimum absolute atomic E-state index is 0.180. The Bertz CT molecular complexity index is 833. The van der Waals surface area contributed by atoms with Crippen LogP contribution in [-0.4, -0.2) is 123 Å². The highest BCUT2D eigenvalue weighted by molar-refractivity contribution is 5.04. The van der Waals surface area contributed by atoms with Crippen molar-refractivity contribution in [3.63, 3.8) is 0 Å². The van der Waals surface area contributed by atoms with E-state index in [9.17, 15) is 10.2 Å². The molecule has 0 spiro atoms. The van der Waals surface area contributed by atoms with Crippen LogP contribution in [0, 0.1) is 5.92 Å². The van der Waals surface area contributed by atoms with Crippen LogP contribution >= 0.6 is 0 Å². The molecule has 13 heteroatoms. The summed E-state index contributed by atoms with van der Waals surface area (Å²) >= 11 is 0. The second kappa shape index (κ2) is 11.3. The molecule has 0 aromatic carbocycles. The Hall–Kier alpha value is -0.520. The average Bonchev–Trinajstić information content (AvgIpc) is 3.50. The summed E-state index contributed by atoms with van der Waals surface area (Å²) in [5.41, 5.74) is 0. The van der Waals surface area contributed by atoms with Gasteiger partial charge in [0.2, 0.25) is 5.79 Å². The molecule has 13 nitrogen and oxygen atoms in total. The lowest BCUT2D eigenvalue weighted by atomic mass is 9.87. The molecule has 4 aliphatic heterocycles. The van der Waals surface area contributed by atoms with E-state index >= 15 is 0 Å². The van der Waals surface area contributed by atoms with E-state index in [4.69, 9.17) is 52.1 Å². The number of hydrogen-bond acceptors (Lipinski definition) is 13. The van der Waals surface area contributed by atoms with E-state index < -0.39 is 84.4 Å². The molecule has 4 rings (SSSR count). The molecular formula is C26H46O13. The van der Waals surface area contributed by atoms with Crippen LogP contribution < -0.4 is 0 Å². The van der Waals surface area contributed by atoms with Crippen LogP contribution in [0.3, 0.4) is 0 Å². The Kier molecular flexibility index (Phi) is 9.09. The monoisotopic (exact) mass is 566 g/mol. The lowest BCUT2D eigenvalue weighted by molar-refractivity contribution is -0.410. The smallest absolute Gasteiger partial charge is 0.205 e. The first kappa shape index (κ1) is 31.4. The van der Waals surface area contributed by atoms with Crippen LogP contribution in [0.1, 0.15) is 48.5 Å². The number of hydrogen-bond donors (Lipinski definition) is 2. The van der Waals surface area contributed by atoms with Gasteiger partial charge in [0.25, 0.3) is 0 Å². The van der Waals surface area contributed by atoms with Crippen LogP contribution in [0.25, 0.3) is 0 Å². The summed E-state index contributed by atoms with van der Waals surface area (Å²) in [6, 6.07) is 0. The maximum absolute atomic E-state index is 11.5. The molecule has 0 aromatic rings. The van der Waals surface area contributed by atoms with Crippen LogP contribution in [0.4, 0.5) is 0 Å². The lowest BCUT2D eigenvalue weighted by Crippen LogP contribution is -2.68. The summed E-state index contributed by atoms with van der Waals surface area (Å²) in [7, 11) is 4.46. The fourth-order valence-corrected chi connectivity index (χ4v) is 5.88. The largest absolute Gasteiger partial charge is 0.396 e. The molecular weight excluding hydrogens is 520 g/mol. The van der Waals surface area contributed by atoms with Crippen molar-refractivity contribution in [2.75, 3.05) is 34.5 Å². The van der Waals surface area contributed by atoms with E-state index in [2.05, 4.69) is 0 Å². The molecule has 0 radical (unpaired) electrons. The van der Waals surface area contributed by atoms with E-state index in [0.29, 0.717) is 0 Å². The molecule has 2 N–H and O–H groups in total. The quantitative estimate of drug-likeness (QED) is 0.362. The van der Waals surface area contributed by atoms with Gasteiger partial charge in [-0.05, 0) is 41.5 Å². The van der Waals surface area contributed by atoms with Gasteiger partial charge in [0.05, 0.1) is 13.2 Å². The lowest BCUT2D eigenvalue weighted by Gasteiger charge is -2.50. The summed E-state index contributed by atoms with van der Waals surface area (Å²) < 4.78 is 66.7. The number of aliphatic hydroxyl groups excluding tert-OH is 2. The van der Waals surface area contributed by atoms with Crippen LogP contribution in [0.15, 0.2) is 0 Å². The van der Waals surface area contributed by atoms with Gasteiger partial charge in [-0.25, -0.2) is 0 Å². The molecule has 39 heavy (non-hydrogen) atoms. The van der Waals surface area contributed by atoms with Gasteiger partial charge in [-0.3, -0.25) is 0 Å². The van der Waals surface area contributed by atoms with Gasteiger partial charge in [0, 0.05) is 27.2 Å². The van der Waals surface area contributed by atoms with Crippen molar-refractivity contribution in [3.8, 4) is 0 Å². The van der Waals surface area contributed by atoms with E-state index in [1.807, 2.05) is 0 Å². The molecule has 4 aliphatic rings. The highest BCUT2D eigenvalue weighted by Crippen LogP contribution is 2.47. The number of aliphatic hydroxyl groups is 2. The van der Waals surface area contributed by atoms with Gasteiger partial charge in [0.15, 0.2) is 29.9 Å². The second-order valence-corrected chi connectivity index (χ2v) is 11.9. The van der Waals surface area contributed by atoms with E-state index in [1.54, 1.807) is 48.5 Å². The summed E-state index contributed by atoms with van der Waals surface area (Å²) in [5.74, 6) is -5.00. The van der Waals surface area contributed by atoms with Gasteiger partial charge >= 0.3 is 0 Å². The number of ether oxygens (including phenoxy) is 11. The Morgan fingerprint density at radius 3 is 1.97 bits per heavy atom. The predicted molar refractivity (Wildman–Crippen MR) is 132 cm³/mol. The zero-order chi connectivity index (χ0) is 29.0. The summed E-state index contributed by atoms with van der Waals surface area (Å²) in [6.45, 7) is 12.3. The van der Waals surface area contributed by atoms with Crippen LogP contribution in [0.5, 0.6) is 0 Å². The minimum atomic E-state index is -1.50. The molecule has 4 heterocycles. The first-order valence-electron chi connectivity index (χ1n) is 13.4. The fraction of sp³-hybridized carbons (Fsp3) is 1.00. The predicted octanol–water partition coefficient (Wildman–Crippen LogP) is 0.871. The second-order valence-electron chi connectivity index (χ2n) is 11.9. The third-order valence-electron chi connectivity index (χ3n) is 7.63. The van der Waals surface area contributed by atoms with Gasteiger partial charge in [-0.2, -0.15) is 0 Å². The van der Waals surface area contributed by atoms with Crippen molar-refractivity contribution in [2.45, 2.75) is 127 Å². The maximum Gasteiger partial charge on any atom is 0.205 e. The highest BCUT2D eigenvalue weighted by Gasteiger charge is 2.65. The third kappa shape index (κ3) is 6.03. The van der Waals surface area contributed by atoms with Gasteiger partial charge in [-0.15, -0.1) is 0 Å². The maximum atomic E-state index is 11.5. The molecule has 0 amide bonds. The number of rotatable bonds is 10. The van der Waals surface area contributed by atoms with E-state index in [1.165, 1.54) is 21.3 Å². The number of fused-ring (bicyclic) bond motifs is 1. The van der Waals surface area contributed by atoms with Crippen molar-refractivity contribution in [1.29, 1.82) is 0 Å². The highest BCUT2D eigenvalue weighted by atomic mass is 16.8. The molecule has 0 bridgehead atoms. The third-order valence-corrected chi connectivity index (χ3v) is 7.63. The molecule has 0 aliphatic carbocycles. The average molecular weight is 567 g/mol. The van der Waals surface area contributed by atoms with E-state index in [0.717, 1.165) is 0 Å². The Balaban J connectivity index is 1.71. The fourth-order valence-electron chi connectivity index (χ4n) is 5.88. The molecule has 0 aromatic heterocycles. The molecule has 10 atom stereocenters. The van der Waals surface area contributed by atoms with Crippen molar-refractivity contribution in [2.24, 2.45) is 5.92 Å². The first-order valence-corrected chi connectivity index (χ1v) is 13.4. The first-order chi connectivity index (χ1) is 18.1.